The van der Waals surface area contributed by atoms with E-state index < -0.39 is 7.14 Å². The van der Waals surface area contributed by atoms with Gasteiger partial charge >= 0.3 is 0 Å². The van der Waals surface area contributed by atoms with Crippen LogP contribution < -0.4 is 15.9 Å². The van der Waals surface area contributed by atoms with E-state index in [-0.39, 0.29) is 0 Å². The van der Waals surface area contributed by atoms with Gasteiger partial charge in [-0.3, -0.25) is 9.55 Å². The molecule has 1 aliphatic heterocycles. The van der Waals surface area contributed by atoms with E-state index in [4.69, 9.17) is 9.97 Å². The van der Waals surface area contributed by atoms with Gasteiger partial charge in [0.05, 0.1) is 33.4 Å². The fourth-order valence-electron chi connectivity index (χ4n) is 6.68. The molecule has 8 aromatic rings. The number of rotatable bonds is 3. The third-order valence-electron chi connectivity index (χ3n) is 8.78. The minimum absolute atomic E-state index is 0.829. The van der Waals surface area contributed by atoms with Gasteiger partial charge in [0.1, 0.15) is 5.82 Å². The summed E-state index contributed by atoms with van der Waals surface area (Å²) in [6.45, 7) is 2.01. The first-order valence-corrected chi connectivity index (χ1v) is 16.3. The van der Waals surface area contributed by atoms with Crippen molar-refractivity contribution in [1.82, 2.24) is 19.5 Å². The van der Waals surface area contributed by atoms with Gasteiger partial charge in [-0.2, -0.15) is 0 Å². The lowest BCUT2D eigenvalue weighted by Gasteiger charge is -2.29. The lowest BCUT2D eigenvalue weighted by molar-refractivity contribution is 0.592. The lowest BCUT2D eigenvalue weighted by atomic mass is 10.0. The fourth-order valence-corrected chi connectivity index (χ4v) is 9.72. The Balaban J connectivity index is 1.18. The molecular weight excluding hydrogens is 559 g/mol. The molecule has 0 saturated carbocycles. The van der Waals surface area contributed by atoms with Crippen LogP contribution in [-0.4, -0.2) is 19.5 Å². The van der Waals surface area contributed by atoms with E-state index >= 15 is 4.57 Å². The van der Waals surface area contributed by atoms with E-state index in [2.05, 4.69) is 82.3 Å². The third kappa shape index (κ3) is 3.54. The van der Waals surface area contributed by atoms with E-state index in [1.54, 1.807) is 0 Å². The van der Waals surface area contributed by atoms with Gasteiger partial charge in [-0.05, 0) is 54.4 Å². The summed E-state index contributed by atoms with van der Waals surface area (Å²) in [5.41, 5.74) is 8.54. The molecule has 5 aromatic carbocycles. The van der Waals surface area contributed by atoms with Crippen LogP contribution in [-0.2, 0) is 4.57 Å². The molecule has 4 heterocycles. The van der Waals surface area contributed by atoms with E-state index in [1.807, 2.05) is 67.7 Å². The van der Waals surface area contributed by atoms with Gasteiger partial charge in [-0.1, -0.05) is 91.0 Å². The molecule has 0 aliphatic carbocycles. The molecule has 0 N–H and O–H groups in total. The Hall–Kier alpha value is -5.38. The second-order valence-corrected chi connectivity index (χ2v) is 14.0. The molecule has 9 rings (SSSR count). The average molecular weight is 585 g/mol. The summed E-state index contributed by atoms with van der Waals surface area (Å²) in [6.07, 6.45) is 1.81. The smallest absolute Gasteiger partial charge is 0.175 e. The van der Waals surface area contributed by atoms with Crippen molar-refractivity contribution in [3.63, 3.8) is 0 Å². The minimum atomic E-state index is -3.18. The van der Waals surface area contributed by atoms with Crippen LogP contribution in [0.3, 0.4) is 0 Å². The lowest BCUT2D eigenvalue weighted by Crippen LogP contribution is -2.33. The van der Waals surface area contributed by atoms with Crippen LogP contribution in [0.25, 0.3) is 60.9 Å². The number of hydrogen-bond donors (Lipinski definition) is 0. The predicted octanol–water partition coefficient (Wildman–Crippen LogP) is 7.72. The standard InChI is InChI=1S/C38H25N4OP/c1-24-40-32-10-5-11-34-38(32)42(24)33-21-19-29(23-35(33)44(34,43)30-8-3-2-4-9-30)25-12-14-26(15-13-25)31-20-18-28-17-16-27-7-6-22-39-36(27)37(28)41-31/h2-23H,1H3. The van der Waals surface area contributed by atoms with Gasteiger partial charge < -0.3 is 4.57 Å². The van der Waals surface area contributed by atoms with Crippen LogP contribution in [0.4, 0.5) is 0 Å². The van der Waals surface area contributed by atoms with Gasteiger partial charge in [-0.15, -0.1) is 0 Å². The third-order valence-corrected chi connectivity index (χ3v) is 11.9. The van der Waals surface area contributed by atoms with E-state index in [9.17, 15) is 0 Å². The number of fused-ring (bicyclic) bond motifs is 5. The summed E-state index contributed by atoms with van der Waals surface area (Å²) in [5.74, 6) is 0.885. The summed E-state index contributed by atoms with van der Waals surface area (Å²) in [6, 6.07) is 43.0. The molecule has 3 aromatic heterocycles. The summed E-state index contributed by atoms with van der Waals surface area (Å²) in [5, 5.41) is 4.65. The van der Waals surface area contributed by atoms with Gasteiger partial charge in [0.25, 0.3) is 0 Å². The largest absolute Gasteiger partial charge is 0.308 e. The number of benzene rings is 5. The highest BCUT2D eigenvalue weighted by molar-refractivity contribution is 7.86. The Bertz CT molecular complexity index is 2480. The number of para-hydroxylation sites is 1. The van der Waals surface area contributed by atoms with Gasteiger partial charge in [-0.25, -0.2) is 9.97 Å². The average Bonchev–Trinajstić information content (AvgIpc) is 3.43. The number of aromatic nitrogens is 4. The van der Waals surface area contributed by atoms with E-state index in [0.29, 0.717) is 0 Å². The predicted molar refractivity (Wildman–Crippen MR) is 180 cm³/mol. The molecule has 0 bridgehead atoms. The monoisotopic (exact) mass is 584 g/mol. The Morgan fingerprint density at radius 1 is 0.614 bits per heavy atom. The highest BCUT2D eigenvalue weighted by Gasteiger charge is 2.39. The van der Waals surface area contributed by atoms with Crippen molar-refractivity contribution in [2.75, 3.05) is 0 Å². The molecule has 0 fully saturated rings. The van der Waals surface area contributed by atoms with Crippen molar-refractivity contribution in [2.45, 2.75) is 6.92 Å². The maximum Gasteiger partial charge on any atom is 0.175 e. The molecule has 0 amide bonds. The molecule has 6 heteroatoms. The molecule has 0 radical (unpaired) electrons. The molecular formula is C38H25N4OP. The van der Waals surface area contributed by atoms with Crippen LogP contribution in [0.2, 0.25) is 0 Å². The second-order valence-electron chi connectivity index (χ2n) is 11.3. The SMILES string of the molecule is Cc1nc2cccc3c2n1-c1ccc(-c2ccc(-c4ccc5ccc6cccnc6c5n4)cc2)cc1P3(=O)c1ccccc1. The van der Waals surface area contributed by atoms with E-state index in [1.165, 1.54) is 0 Å². The number of aryl methyl sites for hydroxylation is 1. The quantitative estimate of drug-likeness (QED) is 0.158. The number of hydrogen-bond acceptors (Lipinski definition) is 4. The zero-order valence-electron chi connectivity index (χ0n) is 23.8. The number of pyridine rings is 2. The normalized spacial score (nSPS) is 15.6. The number of imidazole rings is 1. The summed E-state index contributed by atoms with van der Waals surface area (Å²) in [7, 11) is -3.18. The van der Waals surface area contributed by atoms with Gasteiger partial charge in [0, 0.05) is 38.4 Å². The Kier molecular flexibility index (Phi) is 5.32. The minimum Gasteiger partial charge on any atom is -0.308 e. The van der Waals surface area contributed by atoms with Gasteiger partial charge in [0.15, 0.2) is 7.14 Å². The molecule has 5 nitrogen and oxygen atoms in total. The van der Waals surface area contributed by atoms with Crippen LogP contribution >= 0.6 is 7.14 Å². The second kappa shape index (κ2) is 9.31. The van der Waals surface area contributed by atoms with Crippen molar-refractivity contribution in [2.24, 2.45) is 0 Å². The molecule has 0 saturated heterocycles. The van der Waals surface area contributed by atoms with Crippen LogP contribution in [0.5, 0.6) is 0 Å². The summed E-state index contributed by atoms with van der Waals surface area (Å²) < 4.78 is 17.6. The molecule has 208 valence electrons. The molecule has 1 atom stereocenters. The number of nitrogens with zero attached hydrogens (tertiary/aromatic N) is 4. The van der Waals surface area contributed by atoms with Crippen molar-refractivity contribution >= 4 is 55.9 Å². The fraction of sp³-hybridized carbons (Fsp3) is 0.0263. The van der Waals surface area contributed by atoms with Crippen LogP contribution in [0.1, 0.15) is 5.82 Å². The molecule has 1 aliphatic rings. The first-order chi connectivity index (χ1) is 21.6. The maximum atomic E-state index is 15.4. The zero-order valence-corrected chi connectivity index (χ0v) is 24.7. The van der Waals surface area contributed by atoms with Crippen molar-refractivity contribution in [3.05, 3.63) is 139 Å². The summed E-state index contributed by atoms with van der Waals surface area (Å²) in [4.78, 5) is 14.5. The molecule has 44 heavy (non-hydrogen) atoms. The first kappa shape index (κ1) is 25.1. The Labute approximate surface area is 253 Å². The Morgan fingerprint density at radius 2 is 1.36 bits per heavy atom. The molecule has 1 unspecified atom stereocenters. The van der Waals surface area contributed by atoms with Crippen LogP contribution in [0.15, 0.2) is 134 Å². The molecule has 0 spiro atoms. The Morgan fingerprint density at radius 3 is 2.20 bits per heavy atom. The van der Waals surface area contributed by atoms with Crippen LogP contribution in [0, 0.1) is 6.92 Å². The van der Waals surface area contributed by atoms with E-state index in [0.717, 1.165) is 82.6 Å². The topological polar surface area (TPSA) is 60.7 Å². The van der Waals surface area contributed by atoms with Crippen molar-refractivity contribution < 1.29 is 4.57 Å². The first-order valence-electron chi connectivity index (χ1n) is 14.6. The van der Waals surface area contributed by atoms with Crippen molar-refractivity contribution in [3.8, 4) is 28.1 Å². The maximum absolute atomic E-state index is 15.4. The van der Waals surface area contributed by atoms with Gasteiger partial charge in [0.2, 0.25) is 0 Å². The van der Waals surface area contributed by atoms with Crippen molar-refractivity contribution in [1.29, 1.82) is 0 Å². The zero-order chi connectivity index (χ0) is 29.4. The highest BCUT2D eigenvalue weighted by Crippen LogP contribution is 2.49. The highest BCUT2D eigenvalue weighted by atomic mass is 31.2. The summed E-state index contributed by atoms with van der Waals surface area (Å²) >= 11 is 0.